The van der Waals surface area contributed by atoms with Gasteiger partial charge in [0.25, 0.3) is 5.91 Å². The SMILES string of the molecule is CCC1CC(=O)N(C(=O)c2cc(Br)cn2C)C1. The highest BCUT2D eigenvalue weighted by atomic mass is 79.9. The first-order valence-electron chi connectivity index (χ1n) is 5.69. The van der Waals surface area contributed by atoms with Crippen LogP contribution in [0.4, 0.5) is 0 Å². The number of carbonyl (C=O) groups excluding carboxylic acids is 2. The summed E-state index contributed by atoms with van der Waals surface area (Å²) in [5.74, 6) is 0.0634. The van der Waals surface area contributed by atoms with Crippen LogP contribution in [-0.4, -0.2) is 27.8 Å². The van der Waals surface area contributed by atoms with Crippen LogP contribution in [0.15, 0.2) is 16.7 Å². The Kier molecular flexibility index (Phi) is 3.38. The second-order valence-corrected chi connectivity index (χ2v) is 5.36. The van der Waals surface area contributed by atoms with Gasteiger partial charge in [-0.1, -0.05) is 13.3 Å². The Bertz CT molecular complexity index is 467. The van der Waals surface area contributed by atoms with Crippen LogP contribution < -0.4 is 0 Å². The highest BCUT2D eigenvalue weighted by Crippen LogP contribution is 2.23. The van der Waals surface area contributed by atoms with Gasteiger partial charge in [0, 0.05) is 30.7 Å². The van der Waals surface area contributed by atoms with E-state index in [4.69, 9.17) is 0 Å². The van der Waals surface area contributed by atoms with Crippen molar-refractivity contribution in [1.82, 2.24) is 9.47 Å². The quantitative estimate of drug-likeness (QED) is 0.786. The molecule has 1 atom stereocenters. The topological polar surface area (TPSA) is 42.3 Å². The fraction of sp³-hybridized carbons (Fsp3) is 0.500. The Hall–Kier alpha value is -1.10. The van der Waals surface area contributed by atoms with E-state index >= 15 is 0 Å². The number of carbonyl (C=O) groups is 2. The normalized spacial score (nSPS) is 20.1. The lowest BCUT2D eigenvalue weighted by Gasteiger charge is -2.14. The van der Waals surface area contributed by atoms with E-state index in [9.17, 15) is 9.59 Å². The van der Waals surface area contributed by atoms with Gasteiger partial charge in [-0.3, -0.25) is 14.5 Å². The molecule has 92 valence electrons. The second-order valence-electron chi connectivity index (χ2n) is 4.44. The first kappa shape index (κ1) is 12.4. The summed E-state index contributed by atoms with van der Waals surface area (Å²) < 4.78 is 2.58. The summed E-state index contributed by atoms with van der Waals surface area (Å²) in [6.07, 6.45) is 3.24. The van der Waals surface area contributed by atoms with E-state index in [0.717, 1.165) is 10.9 Å². The van der Waals surface area contributed by atoms with Crippen molar-refractivity contribution in [2.45, 2.75) is 19.8 Å². The molecule has 4 nitrogen and oxygen atoms in total. The van der Waals surface area contributed by atoms with Gasteiger partial charge >= 0.3 is 0 Å². The van der Waals surface area contributed by atoms with Crippen molar-refractivity contribution < 1.29 is 9.59 Å². The van der Waals surface area contributed by atoms with E-state index in [1.165, 1.54) is 4.90 Å². The number of hydrogen-bond acceptors (Lipinski definition) is 2. The Morgan fingerprint density at radius 1 is 1.59 bits per heavy atom. The van der Waals surface area contributed by atoms with Crippen LogP contribution >= 0.6 is 15.9 Å². The van der Waals surface area contributed by atoms with Gasteiger partial charge in [-0.2, -0.15) is 0 Å². The van der Waals surface area contributed by atoms with Gasteiger partial charge in [-0.05, 0) is 27.9 Å². The van der Waals surface area contributed by atoms with E-state index in [0.29, 0.717) is 24.6 Å². The smallest absolute Gasteiger partial charge is 0.277 e. The minimum absolute atomic E-state index is 0.0563. The van der Waals surface area contributed by atoms with Gasteiger partial charge in [0.1, 0.15) is 5.69 Å². The Morgan fingerprint density at radius 3 is 2.76 bits per heavy atom. The molecule has 1 unspecified atom stereocenters. The average Bonchev–Trinajstić information content (AvgIpc) is 2.81. The average molecular weight is 299 g/mol. The number of halogens is 1. The first-order chi connectivity index (χ1) is 8.02. The molecule has 2 heterocycles. The predicted octanol–water partition coefficient (Wildman–Crippen LogP) is 2.19. The minimum atomic E-state index is -0.195. The highest BCUT2D eigenvalue weighted by Gasteiger charge is 2.34. The van der Waals surface area contributed by atoms with Gasteiger partial charge in [0.15, 0.2) is 0 Å². The molecule has 0 N–H and O–H groups in total. The van der Waals surface area contributed by atoms with E-state index in [-0.39, 0.29) is 11.8 Å². The molecule has 17 heavy (non-hydrogen) atoms. The minimum Gasteiger partial charge on any atom is -0.345 e. The van der Waals surface area contributed by atoms with Gasteiger partial charge < -0.3 is 4.57 Å². The molecule has 1 aromatic rings. The molecule has 0 aliphatic carbocycles. The summed E-state index contributed by atoms with van der Waals surface area (Å²) >= 11 is 3.32. The van der Waals surface area contributed by atoms with Crippen LogP contribution in [0.25, 0.3) is 0 Å². The molecule has 2 rings (SSSR count). The van der Waals surface area contributed by atoms with E-state index in [2.05, 4.69) is 15.9 Å². The van der Waals surface area contributed by atoms with Crippen LogP contribution in [0.5, 0.6) is 0 Å². The molecule has 0 bridgehead atoms. The number of hydrogen-bond donors (Lipinski definition) is 0. The van der Waals surface area contributed by atoms with Crippen molar-refractivity contribution in [3.05, 3.63) is 22.4 Å². The number of likely N-dealkylation sites (tertiary alicyclic amines) is 1. The highest BCUT2D eigenvalue weighted by molar-refractivity contribution is 9.10. The van der Waals surface area contributed by atoms with Gasteiger partial charge in [-0.15, -0.1) is 0 Å². The largest absolute Gasteiger partial charge is 0.345 e. The number of nitrogens with zero attached hydrogens (tertiary/aromatic N) is 2. The Morgan fingerprint density at radius 2 is 2.29 bits per heavy atom. The molecule has 1 aliphatic rings. The van der Waals surface area contributed by atoms with Gasteiger partial charge in [0.05, 0.1) is 0 Å². The molecule has 5 heteroatoms. The standard InChI is InChI=1S/C12H15BrN2O2/c1-3-8-4-11(16)15(6-8)12(17)10-5-9(13)7-14(10)2/h5,7-8H,3-4,6H2,1-2H3. The van der Waals surface area contributed by atoms with Crippen LogP contribution in [0.3, 0.4) is 0 Å². The van der Waals surface area contributed by atoms with Gasteiger partial charge in [0.2, 0.25) is 5.91 Å². The Balaban J connectivity index is 2.21. The molecular weight excluding hydrogens is 284 g/mol. The fourth-order valence-corrected chi connectivity index (χ4v) is 2.65. The van der Waals surface area contributed by atoms with Crippen LogP contribution in [-0.2, 0) is 11.8 Å². The van der Waals surface area contributed by atoms with E-state index in [1.807, 2.05) is 13.1 Å². The number of aryl methyl sites for hydroxylation is 1. The number of imide groups is 1. The van der Waals surface area contributed by atoms with Crippen molar-refractivity contribution in [3.63, 3.8) is 0 Å². The summed E-state index contributed by atoms with van der Waals surface area (Å²) in [4.78, 5) is 25.3. The maximum Gasteiger partial charge on any atom is 0.277 e. The van der Waals surface area contributed by atoms with Crippen molar-refractivity contribution in [2.75, 3.05) is 6.54 Å². The summed E-state index contributed by atoms with van der Waals surface area (Å²) in [6.45, 7) is 2.60. The van der Waals surface area contributed by atoms with Crippen LogP contribution in [0.1, 0.15) is 30.3 Å². The third-order valence-corrected chi connectivity index (χ3v) is 3.65. The maximum atomic E-state index is 12.2. The second kappa shape index (κ2) is 4.64. The monoisotopic (exact) mass is 298 g/mol. The lowest BCUT2D eigenvalue weighted by atomic mass is 10.1. The zero-order chi connectivity index (χ0) is 12.6. The molecule has 0 saturated carbocycles. The zero-order valence-electron chi connectivity index (χ0n) is 9.94. The number of amides is 2. The van der Waals surface area contributed by atoms with Crippen molar-refractivity contribution in [2.24, 2.45) is 13.0 Å². The molecule has 1 aromatic heterocycles. The van der Waals surface area contributed by atoms with E-state index < -0.39 is 0 Å². The molecule has 0 radical (unpaired) electrons. The molecular formula is C12H15BrN2O2. The fourth-order valence-electron chi connectivity index (χ4n) is 2.13. The molecule has 2 amide bonds. The predicted molar refractivity (Wildman–Crippen MR) is 67.6 cm³/mol. The van der Waals surface area contributed by atoms with Crippen molar-refractivity contribution >= 4 is 27.7 Å². The van der Waals surface area contributed by atoms with Gasteiger partial charge in [-0.25, -0.2) is 0 Å². The number of aromatic nitrogens is 1. The maximum absolute atomic E-state index is 12.2. The third-order valence-electron chi connectivity index (χ3n) is 3.22. The Labute approximate surface area is 109 Å². The molecule has 0 spiro atoms. The molecule has 1 aliphatic heterocycles. The lowest BCUT2D eigenvalue weighted by Crippen LogP contribution is -2.33. The van der Waals surface area contributed by atoms with Crippen molar-refractivity contribution in [3.8, 4) is 0 Å². The molecule has 1 saturated heterocycles. The first-order valence-corrected chi connectivity index (χ1v) is 6.48. The molecule has 0 aromatic carbocycles. The van der Waals surface area contributed by atoms with Crippen LogP contribution in [0, 0.1) is 5.92 Å². The summed E-state index contributed by atoms with van der Waals surface area (Å²) in [5.41, 5.74) is 0.543. The molecule has 1 fully saturated rings. The number of rotatable bonds is 2. The summed E-state index contributed by atoms with van der Waals surface area (Å²) in [6, 6.07) is 1.74. The van der Waals surface area contributed by atoms with E-state index in [1.54, 1.807) is 17.7 Å². The van der Waals surface area contributed by atoms with Crippen LogP contribution in [0.2, 0.25) is 0 Å². The lowest BCUT2D eigenvalue weighted by molar-refractivity contribution is -0.125. The van der Waals surface area contributed by atoms with Crippen molar-refractivity contribution in [1.29, 1.82) is 0 Å². The summed E-state index contributed by atoms with van der Waals surface area (Å²) in [5, 5.41) is 0. The summed E-state index contributed by atoms with van der Waals surface area (Å²) in [7, 11) is 1.80. The zero-order valence-corrected chi connectivity index (χ0v) is 11.5. The third kappa shape index (κ3) is 2.29.